The molecule has 0 saturated heterocycles. The number of amides is 2. The van der Waals surface area contributed by atoms with Gasteiger partial charge < -0.3 is 0 Å². The van der Waals surface area contributed by atoms with Gasteiger partial charge in [-0.2, -0.15) is 0 Å². The van der Waals surface area contributed by atoms with E-state index in [0.717, 1.165) is 24.8 Å². The number of carbonyl (C=O) groups is 2. The maximum atomic E-state index is 12.6. The van der Waals surface area contributed by atoms with Crippen molar-refractivity contribution in [3.8, 4) is 0 Å². The van der Waals surface area contributed by atoms with Gasteiger partial charge in [-0.15, -0.1) is 0 Å². The first-order valence-corrected chi connectivity index (χ1v) is 7.44. The molecule has 2 N–H and O–H groups in total. The van der Waals surface area contributed by atoms with Gasteiger partial charge in [0.2, 0.25) is 5.91 Å². The second-order valence-corrected chi connectivity index (χ2v) is 5.58. The van der Waals surface area contributed by atoms with Crippen LogP contribution in [0.3, 0.4) is 0 Å². The first-order chi connectivity index (χ1) is 10.7. The third-order valence-electron chi connectivity index (χ3n) is 4.29. The van der Waals surface area contributed by atoms with E-state index in [1.807, 2.05) is 36.4 Å². The Balaban J connectivity index is 1.68. The Hall–Kier alpha value is -2.62. The summed E-state index contributed by atoms with van der Waals surface area (Å²) in [6.45, 7) is 0. The maximum Gasteiger partial charge on any atom is 0.269 e. The van der Waals surface area contributed by atoms with E-state index in [9.17, 15) is 9.59 Å². The molecule has 2 amide bonds. The third kappa shape index (κ3) is 2.60. The molecule has 0 radical (unpaired) electrons. The molecule has 112 valence electrons. The van der Waals surface area contributed by atoms with Gasteiger partial charge in [0.05, 0.1) is 5.41 Å². The molecule has 0 bridgehead atoms. The number of hydrazine groups is 1. The minimum Gasteiger partial charge on any atom is -0.272 e. The molecule has 0 aliphatic heterocycles. The van der Waals surface area contributed by atoms with E-state index in [1.54, 1.807) is 24.3 Å². The summed E-state index contributed by atoms with van der Waals surface area (Å²) in [6.07, 6.45) is 2.64. The number of hydrogen-bond acceptors (Lipinski definition) is 2. The lowest BCUT2D eigenvalue weighted by atomic mass is 9.64. The summed E-state index contributed by atoms with van der Waals surface area (Å²) in [5.74, 6) is -0.453. The van der Waals surface area contributed by atoms with Gasteiger partial charge in [0.1, 0.15) is 0 Å². The highest BCUT2D eigenvalue weighted by atomic mass is 16.2. The van der Waals surface area contributed by atoms with Gasteiger partial charge in [-0.25, -0.2) is 0 Å². The number of hydrogen-bond donors (Lipinski definition) is 2. The van der Waals surface area contributed by atoms with Crippen molar-refractivity contribution in [2.24, 2.45) is 0 Å². The van der Waals surface area contributed by atoms with Crippen LogP contribution in [0, 0.1) is 0 Å². The van der Waals surface area contributed by atoms with Crippen molar-refractivity contribution in [3.05, 3.63) is 71.8 Å². The van der Waals surface area contributed by atoms with Crippen LogP contribution in [0.4, 0.5) is 0 Å². The monoisotopic (exact) mass is 294 g/mol. The zero-order chi connectivity index (χ0) is 15.4. The molecule has 0 unspecified atom stereocenters. The smallest absolute Gasteiger partial charge is 0.269 e. The summed E-state index contributed by atoms with van der Waals surface area (Å²) < 4.78 is 0. The van der Waals surface area contributed by atoms with Gasteiger partial charge in [-0.3, -0.25) is 20.4 Å². The third-order valence-corrected chi connectivity index (χ3v) is 4.29. The van der Waals surface area contributed by atoms with E-state index in [-0.39, 0.29) is 11.8 Å². The molecule has 22 heavy (non-hydrogen) atoms. The molecule has 3 rings (SSSR count). The Morgan fingerprint density at radius 3 is 1.95 bits per heavy atom. The molecule has 1 aliphatic rings. The molecule has 4 heteroatoms. The van der Waals surface area contributed by atoms with Gasteiger partial charge >= 0.3 is 0 Å². The predicted molar refractivity (Wildman–Crippen MR) is 84.0 cm³/mol. The molecule has 0 atom stereocenters. The number of rotatable bonds is 3. The van der Waals surface area contributed by atoms with E-state index in [0.29, 0.717) is 5.56 Å². The Morgan fingerprint density at radius 1 is 0.818 bits per heavy atom. The van der Waals surface area contributed by atoms with E-state index >= 15 is 0 Å². The van der Waals surface area contributed by atoms with Crippen molar-refractivity contribution in [2.45, 2.75) is 24.7 Å². The molecule has 4 nitrogen and oxygen atoms in total. The average molecular weight is 294 g/mol. The Labute approximate surface area is 129 Å². The van der Waals surface area contributed by atoms with Crippen LogP contribution >= 0.6 is 0 Å². The highest BCUT2D eigenvalue weighted by Gasteiger charge is 2.45. The van der Waals surface area contributed by atoms with Crippen molar-refractivity contribution in [2.75, 3.05) is 0 Å². The van der Waals surface area contributed by atoms with Crippen LogP contribution in [0.1, 0.15) is 35.2 Å². The van der Waals surface area contributed by atoms with Gasteiger partial charge in [-0.1, -0.05) is 55.0 Å². The molecule has 2 aromatic carbocycles. The molecule has 1 fully saturated rings. The van der Waals surface area contributed by atoms with Crippen molar-refractivity contribution in [1.29, 1.82) is 0 Å². The zero-order valence-electron chi connectivity index (χ0n) is 12.2. The summed E-state index contributed by atoms with van der Waals surface area (Å²) in [5.41, 5.74) is 6.10. The quantitative estimate of drug-likeness (QED) is 0.855. The molecular formula is C18H18N2O2. The van der Waals surface area contributed by atoms with Crippen LogP contribution in [-0.4, -0.2) is 11.8 Å². The van der Waals surface area contributed by atoms with E-state index in [1.165, 1.54) is 0 Å². The fourth-order valence-electron chi connectivity index (χ4n) is 2.83. The molecule has 2 aromatic rings. The van der Waals surface area contributed by atoms with Crippen molar-refractivity contribution < 1.29 is 9.59 Å². The summed E-state index contributed by atoms with van der Waals surface area (Å²) >= 11 is 0. The van der Waals surface area contributed by atoms with Crippen molar-refractivity contribution in [3.63, 3.8) is 0 Å². The normalized spacial score (nSPS) is 15.5. The highest BCUT2D eigenvalue weighted by Crippen LogP contribution is 2.43. The Bertz CT molecular complexity index is 664. The highest BCUT2D eigenvalue weighted by molar-refractivity contribution is 5.97. The first-order valence-electron chi connectivity index (χ1n) is 7.44. The fraction of sp³-hybridized carbons (Fsp3) is 0.222. The number of nitrogens with one attached hydrogen (secondary N) is 2. The van der Waals surface area contributed by atoms with Crippen molar-refractivity contribution >= 4 is 11.8 Å². The topological polar surface area (TPSA) is 58.2 Å². The molecule has 0 spiro atoms. The SMILES string of the molecule is O=C(NNC(=O)C1(c2ccccc2)CCC1)c1ccccc1. The van der Waals surface area contributed by atoms with E-state index < -0.39 is 5.41 Å². The second-order valence-electron chi connectivity index (χ2n) is 5.58. The molecule has 0 aromatic heterocycles. The largest absolute Gasteiger partial charge is 0.272 e. The minimum atomic E-state index is -0.509. The summed E-state index contributed by atoms with van der Waals surface area (Å²) in [6, 6.07) is 18.6. The lowest BCUT2D eigenvalue weighted by Gasteiger charge is -2.40. The fourth-order valence-corrected chi connectivity index (χ4v) is 2.83. The van der Waals surface area contributed by atoms with Crippen LogP contribution < -0.4 is 10.9 Å². The number of carbonyl (C=O) groups excluding carboxylic acids is 2. The Morgan fingerprint density at radius 2 is 1.41 bits per heavy atom. The van der Waals surface area contributed by atoms with E-state index in [4.69, 9.17) is 0 Å². The zero-order valence-corrected chi connectivity index (χ0v) is 12.2. The van der Waals surface area contributed by atoms with Gasteiger partial charge in [0.15, 0.2) is 0 Å². The van der Waals surface area contributed by atoms with Crippen molar-refractivity contribution in [1.82, 2.24) is 10.9 Å². The molecule has 1 aliphatic carbocycles. The average Bonchev–Trinajstić information content (AvgIpc) is 2.53. The Kier molecular flexibility index (Phi) is 3.92. The van der Waals surface area contributed by atoms with Gasteiger partial charge in [0.25, 0.3) is 5.91 Å². The van der Waals surface area contributed by atoms with Gasteiger partial charge in [0, 0.05) is 5.56 Å². The van der Waals surface area contributed by atoms with Crippen LogP contribution in [0.5, 0.6) is 0 Å². The number of benzene rings is 2. The maximum absolute atomic E-state index is 12.6. The summed E-state index contributed by atoms with van der Waals surface area (Å²) in [4.78, 5) is 24.6. The van der Waals surface area contributed by atoms with Crippen LogP contribution in [0.25, 0.3) is 0 Å². The van der Waals surface area contributed by atoms with Crippen LogP contribution in [-0.2, 0) is 10.2 Å². The standard InChI is InChI=1S/C18H18N2O2/c21-16(14-8-3-1-4-9-14)19-20-17(22)18(12-7-13-18)15-10-5-2-6-11-15/h1-6,8-11H,7,12-13H2,(H,19,21)(H,20,22). The summed E-state index contributed by atoms with van der Waals surface area (Å²) in [7, 11) is 0. The predicted octanol–water partition coefficient (Wildman–Crippen LogP) is 2.57. The molecule has 0 heterocycles. The lowest BCUT2D eigenvalue weighted by Crippen LogP contribution is -2.54. The first kappa shape index (κ1) is 14.3. The summed E-state index contributed by atoms with van der Waals surface area (Å²) in [5, 5.41) is 0. The molecular weight excluding hydrogens is 276 g/mol. The van der Waals surface area contributed by atoms with Crippen LogP contribution in [0.15, 0.2) is 60.7 Å². The van der Waals surface area contributed by atoms with Crippen LogP contribution in [0.2, 0.25) is 0 Å². The minimum absolute atomic E-state index is 0.144. The van der Waals surface area contributed by atoms with Gasteiger partial charge in [-0.05, 0) is 30.5 Å². The van der Waals surface area contributed by atoms with E-state index in [2.05, 4.69) is 10.9 Å². The second kappa shape index (κ2) is 6.02. The lowest BCUT2D eigenvalue weighted by molar-refractivity contribution is -0.130. The molecule has 1 saturated carbocycles.